The summed E-state index contributed by atoms with van der Waals surface area (Å²) in [7, 11) is 0. The van der Waals surface area contributed by atoms with E-state index in [0.29, 0.717) is 11.5 Å². The van der Waals surface area contributed by atoms with Gasteiger partial charge in [0.15, 0.2) is 5.82 Å². The lowest BCUT2D eigenvalue weighted by Gasteiger charge is -2.23. The number of hydrogen-bond donors (Lipinski definition) is 2. The molecule has 2 N–H and O–H groups in total. The van der Waals surface area contributed by atoms with Crippen molar-refractivity contribution >= 4 is 17.4 Å². The molecule has 2 rings (SSSR count). The number of anilines is 2. The first-order valence-corrected chi connectivity index (χ1v) is 4.05. The minimum absolute atomic E-state index is 0.120. The van der Waals surface area contributed by atoms with Crippen LogP contribution in [0.1, 0.15) is 6.42 Å². The van der Waals surface area contributed by atoms with Gasteiger partial charge < -0.3 is 10.6 Å². The molecule has 1 aliphatic rings. The number of carbonyl (C=O) groups is 1. The van der Waals surface area contributed by atoms with E-state index in [2.05, 4.69) is 20.6 Å². The first kappa shape index (κ1) is 8.44. The molecule has 0 bridgehead atoms. The molecule has 0 aliphatic carbocycles. The lowest BCUT2D eigenvalue weighted by Crippen LogP contribution is -2.39. The summed E-state index contributed by atoms with van der Waals surface area (Å²) in [6.45, 7) is 0. The van der Waals surface area contributed by atoms with Crippen molar-refractivity contribution in [1.29, 1.82) is 5.26 Å². The summed E-state index contributed by atoms with van der Waals surface area (Å²) in [5.74, 6) is 0.328. The smallest absolute Gasteiger partial charge is 0.248 e. The normalized spacial score (nSPS) is 18.8. The molecule has 70 valence electrons. The van der Waals surface area contributed by atoms with Crippen LogP contribution in [0.5, 0.6) is 0 Å². The molecule has 6 nitrogen and oxygen atoms in total. The molecule has 0 saturated carbocycles. The first-order chi connectivity index (χ1) is 6.81. The second-order valence-corrected chi connectivity index (χ2v) is 2.83. The fraction of sp³-hybridized carbons (Fsp3) is 0.250. The molecule has 14 heavy (non-hydrogen) atoms. The molecule has 1 atom stereocenters. The number of carbonyl (C=O) groups excluding carboxylic acids is 1. The average molecular weight is 189 g/mol. The summed E-state index contributed by atoms with van der Waals surface area (Å²) < 4.78 is 0. The molecule has 0 aromatic carbocycles. The zero-order valence-electron chi connectivity index (χ0n) is 7.19. The zero-order chi connectivity index (χ0) is 9.97. The van der Waals surface area contributed by atoms with E-state index in [1.54, 1.807) is 0 Å². The van der Waals surface area contributed by atoms with Gasteiger partial charge in [-0.3, -0.25) is 4.79 Å². The molecule has 1 aliphatic heterocycles. The molecule has 1 unspecified atom stereocenters. The van der Waals surface area contributed by atoms with Crippen molar-refractivity contribution in [3.05, 3.63) is 12.5 Å². The third kappa shape index (κ3) is 1.35. The Hall–Kier alpha value is -2.16. The van der Waals surface area contributed by atoms with Crippen molar-refractivity contribution in [3.63, 3.8) is 0 Å². The van der Waals surface area contributed by atoms with E-state index in [1.807, 2.05) is 6.07 Å². The van der Waals surface area contributed by atoms with Gasteiger partial charge in [0.1, 0.15) is 18.1 Å². The molecule has 1 aromatic rings. The number of aromatic nitrogens is 2. The molecular formula is C8H7N5O. The largest absolute Gasteiger partial charge is 0.356 e. The zero-order valence-corrected chi connectivity index (χ0v) is 7.19. The standard InChI is InChI=1S/C8H7N5O/c9-2-1-5-8(14)13-6-3-10-4-11-7(6)12-5/h3-5H,1H2,(H,13,14)(H,10,11,12). The number of nitrogens with zero attached hydrogens (tertiary/aromatic N) is 3. The predicted octanol–water partition coefficient (Wildman–Crippen LogP) is 0.123. The predicted molar refractivity (Wildman–Crippen MR) is 48.3 cm³/mol. The average Bonchev–Trinajstić information content (AvgIpc) is 2.19. The van der Waals surface area contributed by atoms with Gasteiger partial charge in [0, 0.05) is 0 Å². The van der Waals surface area contributed by atoms with Crippen LogP contribution in [0.3, 0.4) is 0 Å². The summed E-state index contributed by atoms with van der Waals surface area (Å²) >= 11 is 0. The van der Waals surface area contributed by atoms with E-state index < -0.39 is 6.04 Å². The molecule has 0 radical (unpaired) electrons. The third-order valence-corrected chi connectivity index (χ3v) is 1.89. The molecule has 0 saturated heterocycles. The number of hydrogen-bond acceptors (Lipinski definition) is 5. The lowest BCUT2D eigenvalue weighted by molar-refractivity contribution is -0.117. The minimum atomic E-state index is -0.526. The van der Waals surface area contributed by atoms with Crippen LogP contribution in [0.2, 0.25) is 0 Å². The van der Waals surface area contributed by atoms with Crippen molar-refractivity contribution in [1.82, 2.24) is 9.97 Å². The molecule has 1 amide bonds. The summed E-state index contributed by atoms with van der Waals surface area (Å²) in [6.07, 6.45) is 3.01. The number of rotatable bonds is 1. The van der Waals surface area contributed by atoms with E-state index in [-0.39, 0.29) is 12.3 Å². The summed E-state index contributed by atoms with van der Waals surface area (Å²) in [5.41, 5.74) is 0.548. The highest BCUT2D eigenvalue weighted by Crippen LogP contribution is 2.22. The molecule has 0 spiro atoms. The molecule has 2 heterocycles. The Bertz CT molecular complexity index is 410. The van der Waals surface area contributed by atoms with Crippen molar-refractivity contribution in [2.75, 3.05) is 10.6 Å². The van der Waals surface area contributed by atoms with Gasteiger partial charge >= 0.3 is 0 Å². The Labute approximate surface area is 80.0 Å². The topological polar surface area (TPSA) is 90.7 Å². The molecule has 6 heteroatoms. The van der Waals surface area contributed by atoms with Crippen molar-refractivity contribution in [2.45, 2.75) is 12.5 Å². The highest BCUT2D eigenvalue weighted by molar-refractivity contribution is 6.01. The minimum Gasteiger partial charge on any atom is -0.356 e. The molecule has 1 aromatic heterocycles. The fourth-order valence-corrected chi connectivity index (χ4v) is 1.22. The summed E-state index contributed by atoms with van der Waals surface area (Å²) in [5, 5.41) is 14.0. The van der Waals surface area contributed by atoms with Crippen molar-refractivity contribution in [2.24, 2.45) is 0 Å². The number of nitriles is 1. The van der Waals surface area contributed by atoms with Crippen LogP contribution in [0, 0.1) is 11.3 Å². The Morgan fingerprint density at radius 1 is 1.64 bits per heavy atom. The highest BCUT2D eigenvalue weighted by Gasteiger charge is 2.25. The Kier molecular flexibility index (Phi) is 1.99. The Balaban J connectivity index is 2.28. The third-order valence-electron chi connectivity index (χ3n) is 1.89. The maximum atomic E-state index is 11.4. The second-order valence-electron chi connectivity index (χ2n) is 2.83. The van der Waals surface area contributed by atoms with Gasteiger partial charge in [-0.1, -0.05) is 0 Å². The first-order valence-electron chi connectivity index (χ1n) is 4.05. The number of fused-ring (bicyclic) bond motifs is 1. The van der Waals surface area contributed by atoms with E-state index in [0.717, 1.165) is 0 Å². The van der Waals surface area contributed by atoms with Crippen LogP contribution in [0.25, 0.3) is 0 Å². The van der Waals surface area contributed by atoms with E-state index in [9.17, 15) is 4.79 Å². The van der Waals surface area contributed by atoms with Gasteiger partial charge in [-0.15, -0.1) is 0 Å². The quantitative estimate of drug-likeness (QED) is 0.654. The van der Waals surface area contributed by atoms with Crippen molar-refractivity contribution in [3.8, 4) is 6.07 Å². The van der Waals surface area contributed by atoms with Gasteiger partial charge in [0.05, 0.1) is 18.7 Å². The number of nitrogens with one attached hydrogen (secondary N) is 2. The van der Waals surface area contributed by atoms with Crippen molar-refractivity contribution < 1.29 is 4.79 Å². The van der Waals surface area contributed by atoms with E-state index in [1.165, 1.54) is 12.5 Å². The van der Waals surface area contributed by atoms with E-state index >= 15 is 0 Å². The van der Waals surface area contributed by atoms with Gasteiger partial charge in [0.2, 0.25) is 5.91 Å². The van der Waals surface area contributed by atoms with Crippen LogP contribution in [-0.4, -0.2) is 21.9 Å². The van der Waals surface area contributed by atoms with Crippen LogP contribution in [-0.2, 0) is 4.79 Å². The van der Waals surface area contributed by atoms with Crippen LogP contribution in [0.4, 0.5) is 11.5 Å². The molecular weight excluding hydrogens is 182 g/mol. The fourth-order valence-electron chi connectivity index (χ4n) is 1.22. The second kappa shape index (κ2) is 3.30. The SMILES string of the molecule is N#CCC1Nc2ncncc2NC1=O. The summed E-state index contributed by atoms with van der Waals surface area (Å²) in [4.78, 5) is 19.1. The highest BCUT2D eigenvalue weighted by atomic mass is 16.2. The maximum absolute atomic E-state index is 11.4. The van der Waals surface area contributed by atoms with Crippen LogP contribution < -0.4 is 10.6 Å². The maximum Gasteiger partial charge on any atom is 0.248 e. The lowest BCUT2D eigenvalue weighted by atomic mass is 10.1. The monoisotopic (exact) mass is 189 g/mol. The Morgan fingerprint density at radius 2 is 2.50 bits per heavy atom. The van der Waals surface area contributed by atoms with Crippen LogP contribution >= 0.6 is 0 Å². The van der Waals surface area contributed by atoms with Crippen LogP contribution in [0.15, 0.2) is 12.5 Å². The van der Waals surface area contributed by atoms with Gasteiger partial charge in [-0.2, -0.15) is 5.26 Å². The Morgan fingerprint density at radius 3 is 3.29 bits per heavy atom. The van der Waals surface area contributed by atoms with Gasteiger partial charge in [-0.25, -0.2) is 9.97 Å². The van der Waals surface area contributed by atoms with E-state index in [4.69, 9.17) is 5.26 Å². The molecule has 0 fully saturated rings. The van der Waals surface area contributed by atoms with Gasteiger partial charge in [-0.05, 0) is 0 Å². The number of amides is 1. The summed E-state index contributed by atoms with van der Waals surface area (Å²) in [6, 6.07) is 1.41. The van der Waals surface area contributed by atoms with Gasteiger partial charge in [0.25, 0.3) is 0 Å².